The van der Waals surface area contributed by atoms with Crippen LogP contribution in [0.2, 0.25) is 0 Å². The topological polar surface area (TPSA) is 41.6 Å². The van der Waals surface area contributed by atoms with Crippen LogP contribution in [-0.4, -0.2) is 49.1 Å². The second kappa shape index (κ2) is 13.8. The predicted octanol–water partition coefficient (Wildman–Crippen LogP) is 7.31. The molecule has 0 radical (unpaired) electrons. The number of hydrogen-bond donors (Lipinski definition) is 1. The van der Waals surface area contributed by atoms with Crippen molar-refractivity contribution in [2.24, 2.45) is 5.92 Å². The number of anilines is 1. The fourth-order valence-electron chi connectivity index (χ4n) is 4.12. The van der Waals surface area contributed by atoms with E-state index in [1.165, 1.54) is 13.0 Å². The number of allylic oxidation sites excluding steroid dienone is 1. The Bertz CT molecular complexity index is 1010. The second-order valence-electron chi connectivity index (χ2n) is 9.07. The zero-order valence-electron chi connectivity index (χ0n) is 21.4. The Hall–Kier alpha value is -2.15. The first-order valence-corrected chi connectivity index (χ1v) is 14.4. The summed E-state index contributed by atoms with van der Waals surface area (Å²) in [5.41, 5.74) is 3.41. The standard InChI is InChI=1S/C29H38N2O2S2/c1-21(20-35-23(3)24-14-17-31(18-15-24)16-13-22(2)34-5)29(32)30-28-19-26(33-4)11-12-27(28)25-9-7-6-8-10-25/h6-12,19-20,22,24H,3,13-18H2,1-2,4-5H3,(H,30,32)/b21-20+. The van der Waals surface area contributed by atoms with Gasteiger partial charge in [0, 0.05) is 22.5 Å². The molecule has 0 bridgehead atoms. The Morgan fingerprint density at radius 1 is 1.23 bits per heavy atom. The summed E-state index contributed by atoms with van der Waals surface area (Å²) >= 11 is 3.54. The van der Waals surface area contributed by atoms with Crippen molar-refractivity contribution in [2.75, 3.05) is 38.3 Å². The van der Waals surface area contributed by atoms with Crippen molar-refractivity contribution in [3.63, 3.8) is 0 Å². The zero-order valence-corrected chi connectivity index (χ0v) is 23.0. The Kier molecular flexibility index (Phi) is 10.8. The number of rotatable bonds is 11. The summed E-state index contributed by atoms with van der Waals surface area (Å²) in [6.07, 6.45) is 5.72. The Labute approximate surface area is 219 Å². The van der Waals surface area contributed by atoms with Crippen molar-refractivity contribution in [3.05, 3.63) is 71.0 Å². The van der Waals surface area contributed by atoms with Crippen LogP contribution in [0.15, 0.2) is 71.0 Å². The highest BCUT2D eigenvalue weighted by Crippen LogP contribution is 2.34. The van der Waals surface area contributed by atoms with Gasteiger partial charge >= 0.3 is 0 Å². The van der Waals surface area contributed by atoms with Crippen LogP contribution in [0.25, 0.3) is 11.1 Å². The number of piperidine rings is 1. The fraction of sp³-hybridized carbons (Fsp3) is 0.414. The first-order chi connectivity index (χ1) is 16.9. The maximum atomic E-state index is 13.0. The van der Waals surface area contributed by atoms with E-state index in [-0.39, 0.29) is 5.91 Å². The molecule has 1 amide bonds. The number of thioether (sulfide) groups is 2. The molecule has 2 aromatic rings. The third-order valence-electron chi connectivity index (χ3n) is 6.60. The summed E-state index contributed by atoms with van der Waals surface area (Å²) in [5, 5.41) is 5.74. The third kappa shape index (κ3) is 8.19. The summed E-state index contributed by atoms with van der Waals surface area (Å²) in [7, 11) is 1.63. The van der Waals surface area contributed by atoms with E-state index in [1.54, 1.807) is 18.9 Å². The monoisotopic (exact) mass is 510 g/mol. The van der Waals surface area contributed by atoms with Gasteiger partial charge in [-0.25, -0.2) is 0 Å². The summed E-state index contributed by atoms with van der Waals surface area (Å²) in [6.45, 7) is 11.9. The molecule has 1 saturated heterocycles. The molecular weight excluding hydrogens is 472 g/mol. The number of hydrogen-bond acceptors (Lipinski definition) is 5. The van der Waals surface area contributed by atoms with Crippen molar-refractivity contribution in [3.8, 4) is 16.9 Å². The van der Waals surface area contributed by atoms with Gasteiger partial charge in [0.05, 0.1) is 12.8 Å². The lowest BCUT2D eigenvalue weighted by Gasteiger charge is -2.33. The molecule has 188 valence electrons. The van der Waals surface area contributed by atoms with Crippen molar-refractivity contribution >= 4 is 35.1 Å². The number of nitrogens with zero attached hydrogens (tertiary/aromatic N) is 1. The first-order valence-electron chi connectivity index (χ1n) is 12.2. The van der Waals surface area contributed by atoms with E-state index in [0.29, 0.717) is 17.2 Å². The summed E-state index contributed by atoms with van der Waals surface area (Å²) in [6, 6.07) is 15.8. The van der Waals surface area contributed by atoms with Gasteiger partial charge in [0.1, 0.15) is 5.75 Å². The second-order valence-corrected chi connectivity index (χ2v) is 11.3. The van der Waals surface area contributed by atoms with Gasteiger partial charge in [0.15, 0.2) is 0 Å². The number of carbonyl (C=O) groups excluding carboxylic acids is 1. The van der Waals surface area contributed by atoms with Crippen LogP contribution in [0, 0.1) is 5.92 Å². The highest BCUT2D eigenvalue weighted by atomic mass is 32.2. The number of amides is 1. The number of nitrogens with one attached hydrogen (secondary N) is 1. The number of methoxy groups -OCH3 is 1. The minimum absolute atomic E-state index is 0.117. The van der Waals surface area contributed by atoms with Gasteiger partial charge in [-0.3, -0.25) is 4.79 Å². The summed E-state index contributed by atoms with van der Waals surface area (Å²) < 4.78 is 5.39. The number of ether oxygens (including phenoxy) is 1. The molecule has 1 atom stereocenters. The van der Waals surface area contributed by atoms with Crippen molar-refractivity contribution in [1.82, 2.24) is 4.90 Å². The lowest BCUT2D eigenvalue weighted by molar-refractivity contribution is -0.112. The minimum Gasteiger partial charge on any atom is -0.497 e. The van der Waals surface area contributed by atoms with Crippen LogP contribution < -0.4 is 10.1 Å². The molecule has 4 nitrogen and oxygen atoms in total. The van der Waals surface area contributed by atoms with E-state index in [9.17, 15) is 4.79 Å². The Morgan fingerprint density at radius 2 is 1.94 bits per heavy atom. The number of likely N-dealkylation sites (tertiary alicyclic amines) is 1. The molecule has 3 rings (SSSR count). The molecule has 0 aliphatic carbocycles. The number of carbonyl (C=O) groups is 1. The maximum Gasteiger partial charge on any atom is 0.251 e. The van der Waals surface area contributed by atoms with Crippen molar-refractivity contribution < 1.29 is 9.53 Å². The Morgan fingerprint density at radius 3 is 2.60 bits per heavy atom. The predicted molar refractivity (Wildman–Crippen MR) is 154 cm³/mol. The molecule has 1 heterocycles. The summed E-state index contributed by atoms with van der Waals surface area (Å²) in [5.74, 6) is 1.09. The number of benzene rings is 2. The molecule has 0 aromatic heterocycles. The molecule has 1 aliphatic heterocycles. The first kappa shape index (κ1) is 27.4. The quantitative estimate of drug-likeness (QED) is 0.321. The zero-order chi connectivity index (χ0) is 25.2. The molecule has 35 heavy (non-hydrogen) atoms. The molecule has 1 aliphatic rings. The van der Waals surface area contributed by atoms with Crippen LogP contribution in [-0.2, 0) is 4.79 Å². The lowest BCUT2D eigenvalue weighted by Crippen LogP contribution is -2.35. The van der Waals surface area contributed by atoms with Crippen LogP contribution >= 0.6 is 23.5 Å². The van der Waals surface area contributed by atoms with Gasteiger partial charge in [-0.05, 0) is 86.0 Å². The lowest BCUT2D eigenvalue weighted by atomic mass is 9.96. The largest absolute Gasteiger partial charge is 0.497 e. The molecule has 1 N–H and O–H groups in total. The van der Waals surface area contributed by atoms with Gasteiger partial charge in [0.25, 0.3) is 5.91 Å². The average Bonchev–Trinajstić information content (AvgIpc) is 2.90. The molecule has 6 heteroatoms. The van der Waals surface area contributed by atoms with Gasteiger partial charge in [-0.15, -0.1) is 11.8 Å². The van der Waals surface area contributed by atoms with Crippen LogP contribution in [0.1, 0.15) is 33.1 Å². The molecule has 0 spiro atoms. The minimum atomic E-state index is -0.117. The van der Waals surface area contributed by atoms with Crippen LogP contribution in [0.4, 0.5) is 5.69 Å². The summed E-state index contributed by atoms with van der Waals surface area (Å²) in [4.78, 5) is 16.7. The van der Waals surface area contributed by atoms with E-state index in [0.717, 1.165) is 52.9 Å². The molecule has 1 unspecified atom stereocenters. The van der Waals surface area contributed by atoms with Crippen LogP contribution in [0.3, 0.4) is 0 Å². The smallest absolute Gasteiger partial charge is 0.251 e. The van der Waals surface area contributed by atoms with E-state index >= 15 is 0 Å². The van der Waals surface area contributed by atoms with E-state index < -0.39 is 0 Å². The molecule has 2 aromatic carbocycles. The van der Waals surface area contributed by atoms with Gasteiger partial charge in [-0.2, -0.15) is 11.8 Å². The molecule has 1 fully saturated rings. The van der Waals surface area contributed by atoms with Crippen molar-refractivity contribution in [2.45, 2.75) is 38.4 Å². The third-order valence-corrected chi connectivity index (χ3v) is 8.75. The molecular formula is C29H38N2O2S2. The van der Waals surface area contributed by atoms with E-state index in [2.05, 4.69) is 30.0 Å². The highest BCUT2D eigenvalue weighted by Gasteiger charge is 2.21. The fourth-order valence-corrected chi connectivity index (χ4v) is 5.32. The van der Waals surface area contributed by atoms with Crippen molar-refractivity contribution in [1.29, 1.82) is 0 Å². The van der Waals surface area contributed by atoms with Gasteiger partial charge in [-0.1, -0.05) is 43.8 Å². The highest BCUT2D eigenvalue weighted by molar-refractivity contribution is 8.05. The molecule has 0 saturated carbocycles. The van der Waals surface area contributed by atoms with E-state index in [1.807, 2.05) is 72.6 Å². The SMILES string of the molecule is C=C(S/C=C(\C)C(=O)Nc1cc(OC)ccc1-c1ccccc1)C1CCN(CCC(C)SC)CC1. The van der Waals surface area contributed by atoms with E-state index in [4.69, 9.17) is 4.74 Å². The maximum absolute atomic E-state index is 13.0. The van der Waals surface area contributed by atoms with Gasteiger partial charge < -0.3 is 15.0 Å². The normalized spacial score (nSPS) is 16.1. The van der Waals surface area contributed by atoms with Crippen LogP contribution in [0.5, 0.6) is 5.75 Å². The Balaban J connectivity index is 1.56. The van der Waals surface area contributed by atoms with Gasteiger partial charge in [0.2, 0.25) is 0 Å². The average molecular weight is 511 g/mol.